The molecule has 1 unspecified atom stereocenters. The summed E-state index contributed by atoms with van der Waals surface area (Å²) in [5.41, 5.74) is 6.94. The lowest BCUT2D eigenvalue weighted by molar-refractivity contribution is 0.0948. The molecule has 1 heterocycles. The lowest BCUT2D eigenvalue weighted by Gasteiger charge is -2.15. The molecule has 1 saturated carbocycles. The van der Waals surface area contributed by atoms with Gasteiger partial charge in [0.05, 0.1) is 5.56 Å². The molecule has 1 aliphatic heterocycles. The summed E-state index contributed by atoms with van der Waals surface area (Å²) in [6.07, 6.45) is 3.92. The standard InChI is InChI=1S/C15H21N3O.2ClH/c16-14-4-2-1-3-13(14)15(19)17-9-11-7-8-18(10-11)12-5-6-12;;/h1-4,11-12H,5-10,16H2,(H,17,19);2*1H. The number of nitrogens with two attached hydrogens (primary N) is 1. The van der Waals surface area contributed by atoms with Gasteiger partial charge in [0.15, 0.2) is 0 Å². The molecule has 1 aromatic rings. The second kappa shape index (κ2) is 7.87. The van der Waals surface area contributed by atoms with Crippen LogP contribution in [-0.2, 0) is 0 Å². The molecule has 1 amide bonds. The van der Waals surface area contributed by atoms with E-state index in [1.165, 1.54) is 25.8 Å². The maximum atomic E-state index is 12.0. The van der Waals surface area contributed by atoms with Crippen LogP contribution in [0.2, 0.25) is 0 Å². The average molecular weight is 332 g/mol. The minimum Gasteiger partial charge on any atom is -0.398 e. The van der Waals surface area contributed by atoms with Gasteiger partial charge in [-0.2, -0.15) is 0 Å². The molecule has 3 N–H and O–H groups in total. The van der Waals surface area contributed by atoms with E-state index in [-0.39, 0.29) is 30.7 Å². The fourth-order valence-corrected chi connectivity index (χ4v) is 2.84. The number of benzene rings is 1. The Morgan fingerprint density at radius 2 is 1.95 bits per heavy atom. The number of amides is 1. The van der Waals surface area contributed by atoms with Crippen LogP contribution in [0.15, 0.2) is 24.3 Å². The molecule has 0 bridgehead atoms. The number of likely N-dealkylation sites (tertiary alicyclic amines) is 1. The normalized spacial score (nSPS) is 21.2. The first-order valence-electron chi connectivity index (χ1n) is 7.11. The summed E-state index contributed by atoms with van der Waals surface area (Å²) in [6.45, 7) is 3.09. The van der Waals surface area contributed by atoms with Gasteiger partial charge in [0, 0.05) is 24.8 Å². The third-order valence-electron chi connectivity index (χ3n) is 4.14. The van der Waals surface area contributed by atoms with Crippen molar-refractivity contribution in [2.24, 2.45) is 5.92 Å². The summed E-state index contributed by atoms with van der Waals surface area (Å²) < 4.78 is 0. The van der Waals surface area contributed by atoms with Gasteiger partial charge in [-0.25, -0.2) is 0 Å². The van der Waals surface area contributed by atoms with E-state index < -0.39 is 0 Å². The van der Waals surface area contributed by atoms with Gasteiger partial charge in [-0.15, -0.1) is 24.8 Å². The van der Waals surface area contributed by atoms with Crippen molar-refractivity contribution in [3.8, 4) is 0 Å². The zero-order valence-electron chi connectivity index (χ0n) is 12.0. The van der Waals surface area contributed by atoms with Crippen LogP contribution >= 0.6 is 24.8 Å². The Balaban J connectivity index is 0.00000110. The molecule has 3 rings (SSSR count). The number of carbonyl (C=O) groups excluding carboxylic acids is 1. The lowest BCUT2D eigenvalue weighted by atomic mass is 10.1. The monoisotopic (exact) mass is 331 g/mol. The topological polar surface area (TPSA) is 58.4 Å². The Kier molecular flexibility index (Phi) is 6.78. The second-order valence-electron chi connectivity index (χ2n) is 5.68. The number of nitrogen functional groups attached to an aromatic ring is 1. The molecule has 0 aromatic heterocycles. The molecule has 1 atom stereocenters. The molecule has 0 radical (unpaired) electrons. The molecule has 6 heteroatoms. The van der Waals surface area contributed by atoms with Crippen molar-refractivity contribution in [2.45, 2.75) is 25.3 Å². The number of hydrogen-bond acceptors (Lipinski definition) is 3. The number of anilines is 1. The average Bonchev–Trinajstić information content (AvgIpc) is 3.16. The van der Waals surface area contributed by atoms with E-state index in [1.807, 2.05) is 12.1 Å². The first kappa shape index (κ1) is 18.1. The maximum Gasteiger partial charge on any atom is 0.253 e. The first-order valence-corrected chi connectivity index (χ1v) is 7.11. The van der Waals surface area contributed by atoms with Gasteiger partial charge in [-0.05, 0) is 43.9 Å². The van der Waals surface area contributed by atoms with Crippen LogP contribution in [0.4, 0.5) is 5.69 Å². The highest BCUT2D eigenvalue weighted by molar-refractivity contribution is 5.99. The van der Waals surface area contributed by atoms with E-state index in [2.05, 4.69) is 10.2 Å². The maximum absolute atomic E-state index is 12.0. The van der Waals surface area contributed by atoms with E-state index in [0.717, 1.165) is 19.1 Å². The summed E-state index contributed by atoms with van der Waals surface area (Å²) in [5, 5.41) is 3.02. The van der Waals surface area contributed by atoms with Crippen LogP contribution in [0, 0.1) is 5.92 Å². The smallest absolute Gasteiger partial charge is 0.253 e. The zero-order chi connectivity index (χ0) is 13.2. The van der Waals surface area contributed by atoms with Crippen LogP contribution in [0.5, 0.6) is 0 Å². The van der Waals surface area contributed by atoms with Gasteiger partial charge in [0.2, 0.25) is 0 Å². The van der Waals surface area contributed by atoms with Gasteiger partial charge < -0.3 is 16.0 Å². The largest absolute Gasteiger partial charge is 0.398 e. The van der Waals surface area contributed by atoms with Crippen LogP contribution in [-0.4, -0.2) is 36.5 Å². The predicted octanol–water partition coefficient (Wildman–Crippen LogP) is 2.33. The summed E-state index contributed by atoms with van der Waals surface area (Å²) >= 11 is 0. The minimum atomic E-state index is -0.0528. The Labute approximate surface area is 138 Å². The fourth-order valence-electron chi connectivity index (χ4n) is 2.84. The SMILES string of the molecule is Cl.Cl.Nc1ccccc1C(=O)NCC1CCN(C2CC2)C1. The number of nitrogens with one attached hydrogen (secondary N) is 1. The molecule has 1 saturated heterocycles. The van der Waals surface area contributed by atoms with Crippen LogP contribution in [0.3, 0.4) is 0 Å². The van der Waals surface area contributed by atoms with Crippen molar-refractivity contribution in [2.75, 3.05) is 25.4 Å². The van der Waals surface area contributed by atoms with E-state index in [9.17, 15) is 4.79 Å². The summed E-state index contributed by atoms with van der Waals surface area (Å²) in [5.74, 6) is 0.539. The molecule has 1 aromatic carbocycles. The van der Waals surface area contributed by atoms with Crippen molar-refractivity contribution >= 4 is 36.4 Å². The molecule has 2 aliphatic rings. The molecular weight excluding hydrogens is 309 g/mol. The van der Waals surface area contributed by atoms with E-state index >= 15 is 0 Å². The van der Waals surface area contributed by atoms with E-state index in [0.29, 0.717) is 17.2 Å². The third-order valence-corrected chi connectivity index (χ3v) is 4.14. The summed E-state index contributed by atoms with van der Waals surface area (Å²) in [7, 11) is 0. The Bertz CT molecular complexity index is 480. The van der Waals surface area contributed by atoms with Gasteiger partial charge >= 0.3 is 0 Å². The number of hydrogen-bond donors (Lipinski definition) is 2. The molecular formula is C15H23Cl2N3O. The molecule has 4 nitrogen and oxygen atoms in total. The fraction of sp³-hybridized carbons (Fsp3) is 0.533. The molecule has 1 aliphatic carbocycles. The van der Waals surface area contributed by atoms with Crippen molar-refractivity contribution in [3.63, 3.8) is 0 Å². The van der Waals surface area contributed by atoms with E-state index in [4.69, 9.17) is 5.73 Å². The van der Waals surface area contributed by atoms with Gasteiger partial charge in [-0.3, -0.25) is 4.79 Å². The van der Waals surface area contributed by atoms with Crippen molar-refractivity contribution < 1.29 is 4.79 Å². The third kappa shape index (κ3) is 4.50. The van der Waals surface area contributed by atoms with Crippen molar-refractivity contribution in [1.82, 2.24) is 10.2 Å². The molecule has 0 spiro atoms. The number of carbonyl (C=O) groups is 1. The lowest BCUT2D eigenvalue weighted by Crippen LogP contribution is -2.31. The number of halogens is 2. The molecule has 2 fully saturated rings. The van der Waals surface area contributed by atoms with Gasteiger partial charge in [0.1, 0.15) is 0 Å². The highest BCUT2D eigenvalue weighted by Crippen LogP contribution is 2.31. The number of rotatable bonds is 4. The number of nitrogens with zero attached hydrogens (tertiary/aromatic N) is 1. The van der Waals surface area contributed by atoms with Crippen LogP contribution < -0.4 is 11.1 Å². The van der Waals surface area contributed by atoms with Crippen molar-refractivity contribution in [3.05, 3.63) is 29.8 Å². The van der Waals surface area contributed by atoms with Crippen LogP contribution in [0.25, 0.3) is 0 Å². The summed E-state index contributed by atoms with van der Waals surface area (Å²) in [4.78, 5) is 14.6. The predicted molar refractivity (Wildman–Crippen MR) is 90.4 cm³/mol. The second-order valence-corrected chi connectivity index (χ2v) is 5.68. The summed E-state index contributed by atoms with van der Waals surface area (Å²) in [6, 6.07) is 8.06. The van der Waals surface area contributed by atoms with Gasteiger partial charge in [-0.1, -0.05) is 12.1 Å². The highest BCUT2D eigenvalue weighted by atomic mass is 35.5. The first-order chi connectivity index (χ1) is 9.24. The Morgan fingerprint density at radius 3 is 2.62 bits per heavy atom. The Hall–Kier alpha value is -0.970. The number of para-hydroxylation sites is 1. The van der Waals surface area contributed by atoms with E-state index in [1.54, 1.807) is 12.1 Å². The van der Waals surface area contributed by atoms with Crippen LogP contribution in [0.1, 0.15) is 29.6 Å². The zero-order valence-corrected chi connectivity index (χ0v) is 13.6. The Morgan fingerprint density at radius 1 is 1.24 bits per heavy atom. The minimum absolute atomic E-state index is 0. The van der Waals surface area contributed by atoms with Crippen molar-refractivity contribution in [1.29, 1.82) is 0 Å². The quantitative estimate of drug-likeness (QED) is 0.832. The van der Waals surface area contributed by atoms with Gasteiger partial charge in [0.25, 0.3) is 5.91 Å². The highest BCUT2D eigenvalue weighted by Gasteiger charge is 2.34. The molecule has 21 heavy (non-hydrogen) atoms. The molecule has 118 valence electrons.